The van der Waals surface area contributed by atoms with Crippen molar-refractivity contribution >= 4 is 34.0 Å². The molecule has 98 valence electrons. The SMILES string of the molecule is O=C(Nc1cccc2cnccc12)c1cccnc1Cl. The van der Waals surface area contributed by atoms with Crippen LogP contribution in [-0.2, 0) is 0 Å². The van der Waals surface area contributed by atoms with E-state index in [1.165, 1.54) is 0 Å². The number of aromatic nitrogens is 2. The maximum absolute atomic E-state index is 12.2. The molecule has 0 bridgehead atoms. The molecule has 0 aliphatic rings. The Hall–Kier alpha value is -2.46. The molecule has 3 rings (SSSR count). The Bertz CT molecular complexity index is 783. The molecule has 0 spiro atoms. The minimum absolute atomic E-state index is 0.187. The van der Waals surface area contributed by atoms with E-state index in [2.05, 4.69) is 15.3 Å². The van der Waals surface area contributed by atoms with Crippen LogP contribution >= 0.6 is 11.6 Å². The van der Waals surface area contributed by atoms with Crippen molar-refractivity contribution in [2.45, 2.75) is 0 Å². The first-order valence-corrected chi connectivity index (χ1v) is 6.38. The molecule has 4 nitrogen and oxygen atoms in total. The third-order valence-electron chi connectivity index (χ3n) is 2.93. The van der Waals surface area contributed by atoms with Crippen LogP contribution in [0, 0.1) is 0 Å². The molecule has 2 heterocycles. The maximum atomic E-state index is 12.2. The second-order valence-electron chi connectivity index (χ2n) is 4.20. The standard InChI is InChI=1S/C15H10ClN3O/c16-14-12(4-2-7-18-14)15(20)19-13-5-1-3-10-9-17-8-6-11(10)13/h1-9H,(H,19,20). The lowest BCUT2D eigenvalue weighted by atomic mass is 10.1. The lowest BCUT2D eigenvalue weighted by Gasteiger charge is -2.09. The number of pyridine rings is 2. The maximum Gasteiger partial charge on any atom is 0.258 e. The van der Waals surface area contributed by atoms with Gasteiger partial charge >= 0.3 is 0 Å². The van der Waals surface area contributed by atoms with Gasteiger partial charge in [-0.05, 0) is 24.3 Å². The van der Waals surface area contributed by atoms with Crippen LogP contribution in [0.4, 0.5) is 5.69 Å². The van der Waals surface area contributed by atoms with Gasteiger partial charge in [0.25, 0.3) is 5.91 Å². The fourth-order valence-electron chi connectivity index (χ4n) is 1.98. The number of amides is 1. The van der Waals surface area contributed by atoms with Crippen LogP contribution < -0.4 is 5.32 Å². The number of hydrogen-bond donors (Lipinski definition) is 1. The van der Waals surface area contributed by atoms with Crippen LogP contribution in [0.5, 0.6) is 0 Å². The van der Waals surface area contributed by atoms with Crippen molar-refractivity contribution in [3.05, 3.63) is 65.7 Å². The number of fused-ring (bicyclic) bond motifs is 1. The van der Waals surface area contributed by atoms with Crippen molar-refractivity contribution in [1.82, 2.24) is 9.97 Å². The van der Waals surface area contributed by atoms with Crippen LogP contribution in [0.15, 0.2) is 55.0 Å². The highest BCUT2D eigenvalue weighted by molar-refractivity contribution is 6.33. The molecule has 0 unspecified atom stereocenters. The molecule has 1 amide bonds. The van der Waals surface area contributed by atoms with E-state index in [9.17, 15) is 4.79 Å². The van der Waals surface area contributed by atoms with Gasteiger partial charge in [-0.25, -0.2) is 4.98 Å². The summed E-state index contributed by atoms with van der Waals surface area (Å²) in [6.07, 6.45) is 4.99. The average molecular weight is 284 g/mol. The minimum Gasteiger partial charge on any atom is -0.321 e. The first kappa shape index (κ1) is 12.6. The van der Waals surface area contributed by atoms with E-state index in [1.54, 1.807) is 30.7 Å². The van der Waals surface area contributed by atoms with Gasteiger partial charge in [0.1, 0.15) is 5.15 Å². The normalized spacial score (nSPS) is 10.4. The fraction of sp³-hybridized carbons (Fsp3) is 0. The fourth-order valence-corrected chi connectivity index (χ4v) is 2.18. The lowest BCUT2D eigenvalue weighted by Crippen LogP contribution is -2.13. The number of carbonyl (C=O) groups is 1. The summed E-state index contributed by atoms with van der Waals surface area (Å²) < 4.78 is 0. The van der Waals surface area contributed by atoms with Gasteiger partial charge in [0.15, 0.2) is 0 Å². The highest BCUT2D eigenvalue weighted by Crippen LogP contribution is 2.23. The van der Waals surface area contributed by atoms with E-state index >= 15 is 0 Å². The highest BCUT2D eigenvalue weighted by Gasteiger charge is 2.12. The van der Waals surface area contributed by atoms with Gasteiger partial charge in [0, 0.05) is 35.1 Å². The Kier molecular flexibility index (Phi) is 3.31. The van der Waals surface area contributed by atoms with Crippen molar-refractivity contribution in [2.75, 3.05) is 5.32 Å². The van der Waals surface area contributed by atoms with E-state index in [0.29, 0.717) is 5.56 Å². The Morgan fingerprint density at radius 2 is 2.00 bits per heavy atom. The van der Waals surface area contributed by atoms with E-state index < -0.39 is 0 Å². The van der Waals surface area contributed by atoms with Gasteiger partial charge in [-0.1, -0.05) is 23.7 Å². The topological polar surface area (TPSA) is 54.9 Å². The first-order chi connectivity index (χ1) is 9.75. The van der Waals surface area contributed by atoms with Crippen LogP contribution in [0.25, 0.3) is 10.8 Å². The van der Waals surface area contributed by atoms with Gasteiger partial charge in [-0.3, -0.25) is 9.78 Å². The summed E-state index contributed by atoms with van der Waals surface area (Å²) in [5.74, 6) is -0.285. The van der Waals surface area contributed by atoms with Crippen LogP contribution in [0.2, 0.25) is 5.15 Å². The smallest absolute Gasteiger partial charge is 0.258 e. The quantitative estimate of drug-likeness (QED) is 0.732. The lowest BCUT2D eigenvalue weighted by molar-refractivity contribution is 0.102. The van der Waals surface area contributed by atoms with E-state index in [0.717, 1.165) is 16.5 Å². The van der Waals surface area contributed by atoms with Crippen molar-refractivity contribution in [2.24, 2.45) is 0 Å². The molecular weight excluding hydrogens is 274 g/mol. The molecule has 0 radical (unpaired) electrons. The van der Waals surface area contributed by atoms with Crippen molar-refractivity contribution in [1.29, 1.82) is 0 Å². The molecule has 3 aromatic rings. The molecule has 5 heteroatoms. The zero-order valence-electron chi connectivity index (χ0n) is 10.4. The van der Waals surface area contributed by atoms with Gasteiger partial charge in [-0.2, -0.15) is 0 Å². The van der Waals surface area contributed by atoms with E-state index in [1.807, 2.05) is 24.3 Å². The monoisotopic (exact) mass is 283 g/mol. The molecule has 0 fully saturated rings. The summed E-state index contributed by atoms with van der Waals surface area (Å²) in [6, 6.07) is 10.8. The number of hydrogen-bond acceptors (Lipinski definition) is 3. The summed E-state index contributed by atoms with van der Waals surface area (Å²) in [5.41, 5.74) is 1.06. The number of carbonyl (C=O) groups excluding carboxylic acids is 1. The first-order valence-electron chi connectivity index (χ1n) is 6.00. The number of nitrogens with zero attached hydrogens (tertiary/aromatic N) is 2. The molecule has 0 atom stereocenters. The van der Waals surface area contributed by atoms with Gasteiger partial charge in [-0.15, -0.1) is 0 Å². The second-order valence-corrected chi connectivity index (χ2v) is 4.56. The third-order valence-corrected chi connectivity index (χ3v) is 3.23. The van der Waals surface area contributed by atoms with Gasteiger partial charge in [0.05, 0.1) is 5.56 Å². The van der Waals surface area contributed by atoms with Crippen LogP contribution in [0.3, 0.4) is 0 Å². The second kappa shape index (κ2) is 5.27. The van der Waals surface area contributed by atoms with Crippen molar-refractivity contribution in [3.8, 4) is 0 Å². The molecule has 0 aliphatic heterocycles. The van der Waals surface area contributed by atoms with Crippen molar-refractivity contribution in [3.63, 3.8) is 0 Å². The molecule has 1 N–H and O–H groups in total. The Morgan fingerprint density at radius 3 is 2.85 bits per heavy atom. The van der Waals surface area contributed by atoms with Crippen LogP contribution in [0.1, 0.15) is 10.4 Å². The van der Waals surface area contributed by atoms with E-state index in [-0.39, 0.29) is 11.1 Å². The number of halogens is 1. The molecule has 20 heavy (non-hydrogen) atoms. The van der Waals surface area contributed by atoms with Crippen molar-refractivity contribution < 1.29 is 4.79 Å². The average Bonchev–Trinajstić information content (AvgIpc) is 2.48. The number of benzene rings is 1. The number of nitrogens with one attached hydrogen (secondary N) is 1. The zero-order valence-corrected chi connectivity index (χ0v) is 11.1. The molecule has 1 aromatic carbocycles. The molecule has 0 aliphatic carbocycles. The van der Waals surface area contributed by atoms with E-state index in [4.69, 9.17) is 11.6 Å². The summed E-state index contributed by atoms with van der Waals surface area (Å²) in [4.78, 5) is 20.2. The number of anilines is 1. The summed E-state index contributed by atoms with van der Waals surface area (Å²) >= 11 is 5.92. The Morgan fingerprint density at radius 1 is 1.10 bits per heavy atom. The third kappa shape index (κ3) is 2.33. The minimum atomic E-state index is -0.285. The summed E-state index contributed by atoms with van der Waals surface area (Å²) in [6.45, 7) is 0. The summed E-state index contributed by atoms with van der Waals surface area (Å²) in [7, 11) is 0. The van der Waals surface area contributed by atoms with Gasteiger partial charge in [0.2, 0.25) is 0 Å². The molecule has 0 saturated heterocycles. The predicted molar refractivity (Wildman–Crippen MR) is 78.9 cm³/mol. The van der Waals surface area contributed by atoms with Gasteiger partial charge < -0.3 is 5.32 Å². The number of rotatable bonds is 2. The predicted octanol–water partition coefficient (Wildman–Crippen LogP) is 3.54. The summed E-state index contributed by atoms with van der Waals surface area (Å²) in [5, 5.41) is 4.93. The van der Waals surface area contributed by atoms with Crippen LogP contribution in [-0.4, -0.2) is 15.9 Å². The zero-order chi connectivity index (χ0) is 13.9. The molecule has 2 aromatic heterocycles. The molecular formula is C15H10ClN3O. The highest BCUT2D eigenvalue weighted by atomic mass is 35.5. The Labute approximate surface area is 120 Å². The molecule has 0 saturated carbocycles. The largest absolute Gasteiger partial charge is 0.321 e. The Balaban J connectivity index is 1.98.